The predicted molar refractivity (Wildman–Crippen MR) is 68.1 cm³/mol. The van der Waals surface area contributed by atoms with Gasteiger partial charge < -0.3 is 5.11 Å². The van der Waals surface area contributed by atoms with Crippen LogP contribution in [0.4, 0.5) is 0 Å². The molecule has 0 aliphatic heterocycles. The molecule has 0 radical (unpaired) electrons. The van der Waals surface area contributed by atoms with E-state index in [-0.39, 0.29) is 6.10 Å². The fraction of sp³-hybridized carbons (Fsp3) is 1.00. The monoisotopic (exact) mass is 214 g/mol. The van der Waals surface area contributed by atoms with Crippen molar-refractivity contribution < 1.29 is 5.11 Å². The van der Waals surface area contributed by atoms with E-state index >= 15 is 0 Å². The van der Waals surface area contributed by atoms with Gasteiger partial charge in [0.2, 0.25) is 0 Å². The lowest BCUT2D eigenvalue weighted by Crippen LogP contribution is -2.13. The van der Waals surface area contributed by atoms with Gasteiger partial charge in [-0.2, -0.15) is 0 Å². The Morgan fingerprint density at radius 3 is 2.07 bits per heavy atom. The quantitative estimate of drug-likeness (QED) is 0.530. The van der Waals surface area contributed by atoms with Gasteiger partial charge in [-0.05, 0) is 18.8 Å². The molecule has 0 aromatic carbocycles. The van der Waals surface area contributed by atoms with Crippen LogP contribution in [0.25, 0.3) is 0 Å². The smallest absolute Gasteiger partial charge is 0.0542 e. The second-order valence-electron chi connectivity index (χ2n) is 4.80. The molecule has 2 unspecified atom stereocenters. The molecular weight excluding hydrogens is 184 g/mol. The molecule has 0 bridgehead atoms. The van der Waals surface area contributed by atoms with Crippen molar-refractivity contribution in [3.63, 3.8) is 0 Å². The van der Waals surface area contributed by atoms with Gasteiger partial charge in [0.1, 0.15) is 0 Å². The highest BCUT2D eigenvalue weighted by Gasteiger charge is 2.12. The molecule has 15 heavy (non-hydrogen) atoms. The van der Waals surface area contributed by atoms with Crippen LogP contribution in [0.15, 0.2) is 0 Å². The Labute approximate surface area is 96.3 Å². The van der Waals surface area contributed by atoms with Crippen LogP contribution in [0.3, 0.4) is 0 Å². The Morgan fingerprint density at radius 2 is 1.53 bits per heavy atom. The normalized spacial score (nSPS) is 15.2. The van der Waals surface area contributed by atoms with Crippen molar-refractivity contribution in [3.8, 4) is 0 Å². The van der Waals surface area contributed by atoms with Crippen LogP contribution >= 0.6 is 0 Å². The van der Waals surface area contributed by atoms with E-state index in [4.69, 9.17) is 0 Å². The maximum atomic E-state index is 9.88. The molecule has 0 aromatic rings. The largest absolute Gasteiger partial charge is 0.393 e. The Balaban J connectivity index is 3.55. The summed E-state index contributed by atoms with van der Waals surface area (Å²) in [7, 11) is 0. The highest BCUT2D eigenvalue weighted by molar-refractivity contribution is 4.64. The van der Waals surface area contributed by atoms with Gasteiger partial charge in [0.05, 0.1) is 6.10 Å². The summed E-state index contributed by atoms with van der Waals surface area (Å²) in [6.07, 6.45) is 10.8. The van der Waals surface area contributed by atoms with E-state index in [0.717, 1.165) is 18.8 Å². The van der Waals surface area contributed by atoms with Crippen molar-refractivity contribution in [1.82, 2.24) is 0 Å². The molecule has 0 saturated heterocycles. The molecule has 2 atom stereocenters. The van der Waals surface area contributed by atoms with Crippen molar-refractivity contribution in [2.45, 2.75) is 84.7 Å². The summed E-state index contributed by atoms with van der Waals surface area (Å²) >= 11 is 0. The number of rotatable bonds is 10. The highest BCUT2D eigenvalue weighted by atomic mass is 16.3. The molecule has 0 saturated carbocycles. The van der Waals surface area contributed by atoms with Crippen LogP contribution in [0.5, 0.6) is 0 Å². The molecule has 0 spiro atoms. The first-order valence-corrected chi connectivity index (χ1v) is 6.92. The molecule has 0 heterocycles. The average molecular weight is 214 g/mol. The summed E-state index contributed by atoms with van der Waals surface area (Å²) in [5.74, 6) is 0.751. The minimum atomic E-state index is -0.0432. The molecule has 0 amide bonds. The zero-order valence-electron chi connectivity index (χ0n) is 11.0. The highest BCUT2D eigenvalue weighted by Crippen LogP contribution is 2.20. The number of unbranched alkanes of at least 4 members (excludes halogenated alkanes) is 3. The minimum absolute atomic E-state index is 0.0432. The van der Waals surface area contributed by atoms with Crippen molar-refractivity contribution in [2.75, 3.05) is 0 Å². The van der Waals surface area contributed by atoms with Crippen LogP contribution in [-0.4, -0.2) is 11.2 Å². The zero-order chi connectivity index (χ0) is 11.5. The van der Waals surface area contributed by atoms with Crippen LogP contribution in [-0.2, 0) is 0 Å². The lowest BCUT2D eigenvalue weighted by atomic mass is 9.91. The van der Waals surface area contributed by atoms with E-state index in [0.29, 0.717) is 0 Å². The second-order valence-corrected chi connectivity index (χ2v) is 4.80. The molecule has 0 aromatic heterocycles. The number of aliphatic hydroxyl groups is 1. The summed E-state index contributed by atoms with van der Waals surface area (Å²) < 4.78 is 0. The zero-order valence-corrected chi connectivity index (χ0v) is 11.0. The van der Waals surface area contributed by atoms with E-state index in [1.54, 1.807) is 0 Å². The summed E-state index contributed by atoms with van der Waals surface area (Å²) in [4.78, 5) is 0. The van der Waals surface area contributed by atoms with Crippen LogP contribution < -0.4 is 0 Å². The summed E-state index contributed by atoms with van der Waals surface area (Å²) in [5.41, 5.74) is 0. The first kappa shape index (κ1) is 15.0. The van der Waals surface area contributed by atoms with Gasteiger partial charge in [-0.25, -0.2) is 0 Å². The average Bonchev–Trinajstić information content (AvgIpc) is 2.24. The number of hydrogen-bond donors (Lipinski definition) is 1. The summed E-state index contributed by atoms with van der Waals surface area (Å²) in [6.45, 7) is 6.70. The maximum Gasteiger partial charge on any atom is 0.0542 e. The van der Waals surface area contributed by atoms with Gasteiger partial charge in [0, 0.05) is 0 Å². The van der Waals surface area contributed by atoms with Gasteiger partial charge in [0.15, 0.2) is 0 Å². The fourth-order valence-electron chi connectivity index (χ4n) is 2.11. The third-order valence-electron chi connectivity index (χ3n) is 3.29. The molecule has 0 aliphatic rings. The van der Waals surface area contributed by atoms with Crippen molar-refractivity contribution in [1.29, 1.82) is 0 Å². The molecule has 1 nitrogen and oxygen atoms in total. The Bertz CT molecular complexity index is 123. The molecule has 0 fully saturated rings. The topological polar surface area (TPSA) is 20.2 Å². The standard InChI is InChI=1S/C14H30O/c1-4-7-9-11-14(15)12-13(6-3)10-8-5-2/h13-15H,4-12H2,1-3H3. The number of hydrogen-bond acceptors (Lipinski definition) is 1. The molecule has 1 heteroatoms. The SMILES string of the molecule is CCCCCC(O)CC(CC)CCCC. The van der Waals surface area contributed by atoms with Crippen LogP contribution in [0, 0.1) is 5.92 Å². The third kappa shape index (κ3) is 8.92. The van der Waals surface area contributed by atoms with Crippen molar-refractivity contribution in [3.05, 3.63) is 0 Å². The molecule has 92 valence electrons. The minimum Gasteiger partial charge on any atom is -0.393 e. The Morgan fingerprint density at radius 1 is 0.867 bits per heavy atom. The molecule has 0 aliphatic carbocycles. The van der Waals surface area contributed by atoms with Crippen LogP contribution in [0.2, 0.25) is 0 Å². The first-order valence-electron chi connectivity index (χ1n) is 6.92. The Kier molecular flexibility index (Phi) is 10.4. The predicted octanol–water partition coefficient (Wildman–Crippen LogP) is 4.53. The maximum absolute atomic E-state index is 9.88. The molecular formula is C14H30O. The Hall–Kier alpha value is -0.0400. The lowest BCUT2D eigenvalue weighted by Gasteiger charge is -2.18. The van der Waals surface area contributed by atoms with Crippen molar-refractivity contribution in [2.24, 2.45) is 5.92 Å². The van der Waals surface area contributed by atoms with Crippen LogP contribution in [0.1, 0.15) is 78.6 Å². The van der Waals surface area contributed by atoms with Gasteiger partial charge in [-0.15, -0.1) is 0 Å². The van der Waals surface area contributed by atoms with E-state index in [1.807, 2.05) is 0 Å². The van der Waals surface area contributed by atoms with E-state index in [1.165, 1.54) is 44.9 Å². The van der Waals surface area contributed by atoms with E-state index < -0.39 is 0 Å². The van der Waals surface area contributed by atoms with Gasteiger partial charge in [0.25, 0.3) is 0 Å². The lowest BCUT2D eigenvalue weighted by molar-refractivity contribution is 0.125. The molecule has 0 rings (SSSR count). The van der Waals surface area contributed by atoms with E-state index in [9.17, 15) is 5.11 Å². The van der Waals surface area contributed by atoms with Gasteiger partial charge in [-0.1, -0.05) is 65.7 Å². The first-order chi connectivity index (χ1) is 7.24. The van der Waals surface area contributed by atoms with E-state index in [2.05, 4.69) is 20.8 Å². The van der Waals surface area contributed by atoms with Gasteiger partial charge >= 0.3 is 0 Å². The molecule has 1 N–H and O–H groups in total. The summed E-state index contributed by atoms with van der Waals surface area (Å²) in [6, 6.07) is 0. The fourth-order valence-corrected chi connectivity index (χ4v) is 2.11. The third-order valence-corrected chi connectivity index (χ3v) is 3.29. The van der Waals surface area contributed by atoms with Crippen molar-refractivity contribution >= 4 is 0 Å². The van der Waals surface area contributed by atoms with Gasteiger partial charge in [-0.3, -0.25) is 0 Å². The summed E-state index contributed by atoms with van der Waals surface area (Å²) in [5, 5.41) is 9.88. The number of aliphatic hydroxyl groups excluding tert-OH is 1. The second kappa shape index (κ2) is 10.5.